The van der Waals surface area contributed by atoms with Crippen molar-refractivity contribution < 1.29 is 4.92 Å². The zero-order valence-electron chi connectivity index (χ0n) is 10.5. The van der Waals surface area contributed by atoms with Gasteiger partial charge in [-0.3, -0.25) is 10.1 Å². The van der Waals surface area contributed by atoms with Crippen molar-refractivity contribution in [2.45, 2.75) is 19.5 Å². The molecule has 98 valence electrons. The lowest BCUT2D eigenvalue weighted by Gasteiger charge is -2.13. The smallest absolute Gasteiger partial charge is 0.269 e. The molecule has 1 aromatic heterocycles. The lowest BCUT2D eigenvalue weighted by atomic mass is 10.1. The van der Waals surface area contributed by atoms with E-state index in [1.807, 2.05) is 13.0 Å². The second kappa shape index (κ2) is 6.01. The number of rotatable bonds is 5. The number of hydrogen-bond donors (Lipinski definition) is 1. The number of aromatic nitrogens is 2. The van der Waals surface area contributed by atoms with E-state index in [1.165, 1.54) is 12.4 Å². The summed E-state index contributed by atoms with van der Waals surface area (Å²) in [6.07, 6.45) is 4.95. The van der Waals surface area contributed by atoms with Gasteiger partial charge in [0.05, 0.1) is 4.92 Å². The van der Waals surface area contributed by atoms with Crippen LogP contribution in [0.2, 0.25) is 0 Å². The van der Waals surface area contributed by atoms with E-state index in [-0.39, 0.29) is 16.7 Å². The number of nitrogens with one attached hydrogen (secondary N) is 1. The summed E-state index contributed by atoms with van der Waals surface area (Å²) in [5.74, 6) is 0. The zero-order valence-corrected chi connectivity index (χ0v) is 10.5. The van der Waals surface area contributed by atoms with Crippen LogP contribution in [0, 0.1) is 10.1 Å². The highest BCUT2D eigenvalue weighted by Gasteiger charge is 2.10. The summed E-state index contributed by atoms with van der Waals surface area (Å²) in [7, 11) is 0. The van der Waals surface area contributed by atoms with Crippen molar-refractivity contribution in [3.8, 4) is 0 Å². The fraction of sp³-hybridized carbons (Fsp3) is 0.231. The number of nitrogens with zero attached hydrogens (tertiary/aromatic N) is 3. The molecule has 1 heterocycles. The summed E-state index contributed by atoms with van der Waals surface area (Å²) in [6.45, 7) is 2.58. The predicted octanol–water partition coefficient (Wildman–Crippen LogP) is 2.24. The van der Waals surface area contributed by atoms with Gasteiger partial charge in [-0.2, -0.15) is 0 Å². The van der Waals surface area contributed by atoms with Gasteiger partial charge in [0.2, 0.25) is 0 Å². The van der Waals surface area contributed by atoms with Crippen LogP contribution in [-0.4, -0.2) is 14.9 Å². The number of nitro groups is 1. The third kappa shape index (κ3) is 3.56. The van der Waals surface area contributed by atoms with Gasteiger partial charge >= 0.3 is 0 Å². The molecule has 0 aliphatic rings. The summed E-state index contributed by atoms with van der Waals surface area (Å²) in [6, 6.07) is 6.64. The van der Waals surface area contributed by atoms with Gasteiger partial charge in [0.25, 0.3) is 5.69 Å². The molecule has 2 aromatic rings. The molecular weight excluding hydrogens is 244 g/mol. The molecule has 1 atom stereocenters. The normalized spacial score (nSPS) is 12.1. The Morgan fingerprint density at radius 1 is 1.37 bits per heavy atom. The Balaban J connectivity index is 2.02. The second-order valence-electron chi connectivity index (χ2n) is 4.20. The first-order chi connectivity index (χ1) is 9.16. The van der Waals surface area contributed by atoms with Crippen molar-refractivity contribution in [1.82, 2.24) is 15.3 Å². The molecule has 0 radical (unpaired) electrons. The first-order valence-electron chi connectivity index (χ1n) is 5.88. The van der Waals surface area contributed by atoms with E-state index in [0.717, 1.165) is 11.1 Å². The van der Waals surface area contributed by atoms with E-state index < -0.39 is 0 Å². The van der Waals surface area contributed by atoms with E-state index in [1.54, 1.807) is 24.5 Å². The Morgan fingerprint density at radius 2 is 2.11 bits per heavy atom. The molecule has 0 saturated heterocycles. The van der Waals surface area contributed by atoms with E-state index in [0.29, 0.717) is 6.54 Å². The number of non-ortho nitro benzene ring substituents is 1. The van der Waals surface area contributed by atoms with Crippen LogP contribution in [0.15, 0.2) is 43.0 Å². The second-order valence-corrected chi connectivity index (χ2v) is 4.20. The van der Waals surface area contributed by atoms with Crippen LogP contribution in [0.4, 0.5) is 5.69 Å². The molecule has 6 nitrogen and oxygen atoms in total. The first-order valence-corrected chi connectivity index (χ1v) is 5.88. The summed E-state index contributed by atoms with van der Waals surface area (Å²) in [5, 5.41) is 14.0. The molecule has 19 heavy (non-hydrogen) atoms. The molecule has 0 fully saturated rings. The summed E-state index contributed by atoms with van der Waals surface area (Å²) in [4.78, 5) is 18.2. The van der Waals surface area contributed by atoms with Crippen LogP contribution in [0.3, 0.4) is 0 Å². The largest absolute Gasteiger partial charge is 0.306 e. The molecule has 0 amide bonds. The van der Waals surface area contributed by atoms with E-state index in [9.17, 15) is 10.1 Å². The zero-order chi connectivity index (χ0) is 13.7. The van der Waals surface area contributed by atoms with Crippen molar-refractivity contribution in [1.29, 1.82) is 0 Å². The molecule has 0 bridgehead atoms. The van der Waals surface area contributed by atoms with Gasteiger partial charge in [0, 0.05) is 42.7 Å². The molecule has 6 heteroatoms. The molecule has 1 unspecified atom stereocenters. The third-order valence-electron chi connectivity index (χ3n) is 2.81. The van der Waals surface area contributed by atoms with Gasteiger partial charge in [-0.1, -0.05) is 12.1 Å². The molecule has 1 N–H and O–H groups in total. The predicted molar refractivity (Wildman–Crippen MR) is 70.4 cm³/mol. The van der Waals surface area contributed by atoms with Gasteiger partial charge in [0.1, 0.15) is 6.33 Å². The van der Waals surface area contributed by atoms with E-state index >= 15 is 0 Å². The lowest BCUT2D eigenvalue weighted by molar-refractivity contribution is -0.384. The van der Waals surface area contributed by atoms with Crippen LogP contribution < -0.4 is 5.32 Å². The summed E-state index contributed by atoms with van der Waals surface area (Å²) in [5.41, 5.74) is 1.96. The summed E-state index contributed by atoms with van der Waals surface area (Å²) < 4.78 is 0. The maximum atomic E-state index is 10.7. The molecule has 2 rings (SSSR count). The Labute approximate surface area is 110 Å². The quantitative estimate of drug-likeness (QED) is 0.657. The van der Waals surface area contributed by atoms with Crippen LogP contribution in [-0.2, 0) is 6.54 Å². The Kier molecular flexibility index (Phi) is 4.15. The summed E-state index contributed by atoms with van der Waals surface area (Å²) >= 11 is 0. The fourth-order valence-electron chi connectivity index (χ4n) is 1.72. The average molecular weight is 258 g/mol. The van der Waals surface area contributed by atoms with Crippen LogP contribution in [0.5, 0.6) is 0 Å². The minimum Gasteiger partial charge on any atom is -0.306 e. The van der Waals surface area contributed by atoms with Gasteiger partial charge in [-0.25, -0.2) is 9.97 Å². The maximum absolute atomic E-state index is 10.7. The highest BCUT2D eigenvalue weighted by atomic mass is 16.6. The van der Waals surface area contributed by atoms with Crippen molar-refractivity contribution in [2.24, 2.45) is 0 Å². The fourth-order valence-corrected chi connectivity index (χ4v) is 1.72. The molecule has 0 spiro atoms. The van der Waals surface area contributed by atoms with Gasteiger partial charge < -0.3 is 5.32 Å². The number of nitro benzene ring substituents is 1. The Bertz CT molecular complexity index is 560. The van der Waals surface area contributed by atoms with E-state index in [4.69, 9.17) is 0 Å². The third-order valence-corrected chi connectivity index (χ3v) is 2.81. The van der Waals surface area contributed by atoms with Gasteiger partial charge in [-0.15, -0.1) is 0 Å². The van der Waals surface area contributed by atoms with Crippen molar-refractivity contribution in [2.75, 3.05) is 0 Å². The van der Waals surface area contributed by atoms with Crippen LogP contribution >= 0.6 is 0 Å². The molecule has 0 aliphatic carbocycles. The van der Waals surface area contributed by atoms with Crippen molar-refractivity contribution in [3.63, 3.8) is 0 Å². The van der Waals surface area contributed by atoms with E-state index in [2.05, 4.69) is 15.3 Å². The lowest BCUT2D eigenvalue weighted by Crippen LogP contribution is -2.18. The molecule has 0 saturated carbocycles. The van der Waals surface area contributed by atoms with Gasteiger partial charge in [-0.05, 0) is 12.5 Å². The topological polar surface area (TPSA) is 81.0 Å². The minimum atomic E-state index is -0.388. The average Bonchev–Trinajstić information content (AvgIpc) is 2.46. The Morgan fingerprint density at radius 3 is 2.79 bits per heavy atom. The van der Waals surface area contributed by atoms with Crippen LogP contribution in [0.25, 0.3) is 0 Å². The molecular formula is C13H14N4O2. The molecule has 0 aliphatic heterocycles. The number of hydrogen-bond acceptors (Lipinski definition) is 5. The monoisotopic (exact) mass is 258 g/mol. The highest BCUT2D eigenvalue weighted by molar-refractivity contribution is 5.35. The number of benzene rings is 1. The standard InChI is InChI=1S/C13H14N4O2/c1-10(16-8-11-6-14-9-15-7-11)12-3-2-4-13(5-12)17(18)19/h2-7,9-10,16H,8H2,1H3. The highest BCUT2D eigenvalue weighted by Crippen LogP contribution is 2.19. The van der Waals surface area contributed by atoms with Crippen molar-refractivity contribution in [3.05, 3.63) is 64.2 Å². The van der Waals surface area contributed by atoms with Crippen LogP contribution in [0.1, 0.15) is 24.1 Å². The molecule has 1 aromatic carbocycles. The minimum absolute atomic E-state index is 0.0140. The first kappa shape index (κ1) is 13.1. The maximum Gasteiger partial charge on any atom is 0.269 e. The SMILES string of the molecule is CC(NCc1cncnc1)c1cccc([N+](=O)[O-])c1. The Hall–Kier alpha value is -2.34. The van der Waals surface area contributed by atoms with Crippen molar-refractivity contribution >= 4 is 5.69 Å². The van der Waals surface area contributed by atoms with Gasteiger partial charge in [0.15, 0.2) is 0 Å².